The molecule has 1 aromatic rings. The van der Waals surface area contributed by atoms with Crippen LogP contribution in [0.2, 0.25) is 0 Å². The van der Waals surface area contributed by atoms with E-state index >= 15 is 0 Å². The number of fused-ring (bicyclic) bond motifs is 1. The van der Waals surface area contributed by atoms with Crippen molar-refractivity contribution in [1.82, 2.24) is 0 Å². The van der Waals surface area contributed by atoms with E-state index in [2.05, 4.69) is 60.7 Å². The van der Waals surface area contributed by atoms with Crippen LogP contribution in [0, 0.1) is 11.8 Å². The Morgan fingerprint density at radius 3 is 2.65 bits per heavy atom. The molecule has 0 amide bonds. The van der Waals surface area contributed by atoms with Crippen LogP contribution in [0.25, 0.3) is 0 Å². The van der Waals surface area contributed by atoms with Gasteiger partial charge in [0.2, 0.25) is 0 Å². The van der Waals surface area contributed by atoms with Crippen molar-refractivity contribution in [2.24, 2.45) is 11.8 Å². The normalized spacial score (nSPS) is 34.3. The first-order valence-corrected chi connectivity index (χ1v) is 9.19. The van der Waals surface area contributed by atoms with Crippen LogP contribution in [-0.4, -0.2) is 34.0 Å². The number of allylic oxidation sites excluding steroid dienone is 2. The summed E-state index contributed by atoms with van der Waals surface area (Å²) < 4.78 is 5.13. The number of hydrogen-bond acceptors (Lipinski definition) is 2. The fourth-order valence-corrected chi connectivity index (χ4v) is 4.31. The average Bonchev–Trinajstić information content (AvgIpc) is 3.29. The third-order valence-corrected chi connectivity index (χ3v) is 6.32. The molecule has 23 heavy (non-hydrogen) atoms. The Bertz CT molecular complexity index is 634. The Kier molecular flexibility index (Phi) is 4.64. The predicted molar refractivity (Wildman–Crippen MR) is 94.8 cm³/mol. The molecule has 2 nitrogen and oxygen atoms in total. The zero-order chi connectivity index (χ0) is 16.6. The van der Waals surface area contributed by atoms with Crippen molar-refractivity contribution < 1.29 is 9.53 Å². The molecule has 2 aliphatic rings. The second-order valence-corrected chi connectivity index (χ2v) is 8.62. The van der Waals surface area contributed by atoms with E-state index in [0.717, 1.165) is 24.0 Å². The van der Waals surface area contributed by atoms with Crippen molar-refractivity contribution in [2.75, 3.05) is 0 Å². The SMILES string of the molecule is C=C1C=C[C@H](C(C)C)CC([SeH])(c2ccccc2)C(=O)[C@@H]2O[C@@H]2C1. The molecule has 3 rings (SSSR count). The van der Waals surface area contributed by atoms with E-state index in [1.54, 1.807) is 0 Å². The second-order valence-electron chi connectivity index (χ2n) is 7.02. The van der Waals surface area contributed by atoms with Crippen LogP contribution in [0.4, 0.5) is 0 Å². The van der Waals surface area contributed by atoms with Gasteiger partial charge in [0, 0.05) is 0 Å². The van der Waals surface area contributed by atoms with Crippen LogP contribution in [0.1, 0.15) is 32.3 Å². The summed E-state index contributed by atoms with van der Waals surface area (Å²) in [5.41, 5.74) is 2.12. The molecule has 0 spiro atoms. The zero-order valence-electron chi connectivity index (χ0n) is 13.7. The predicted octanol–water partition coefficient (Wildman–Crippen LogP) is 3.30. The number of ether oxygens (including phenoxy) is 1. The Hall–Kier alpha value is -1.15. The zero-order valence-corrected chi connectivity index (χ0v) is 15.6. The Morgan fingerprint density at radius 2 is 2.00 bits per heavy atom. The number of carbonyl (C=O) groups is 1. The molecule has 1 aliphatic carbocycles. The number of epoxide rings is 1. The van der Waals surface area contributed by atoms with Crippen LogP contribution in [0.15, 0.2) is 54.6 Å². The molecule has 1 saturated heterocycles. The molecule has 0 saturated carbocycles. The van der Waals surface area contributed by atoms with E-state index in [1.165, 1.54) is 0 Å². The fraction of sp³-hybridized carbons (Fsp3) is 0.450. The molecule has 1 heterocycles. The Labute approximate surface area is 146 Å². The van der Waals surface area contributed by atoms with Gasteiger partial charge in [-0.1, -0.05) is 0 Å². The summed E-state index contributed by atoms with van der Waals surface area (Å²) in [6.07, 6.45) is 5.60. The minimum atomic E-state index is -0.564. The minimum absolute atomic E-state index is 0.00230. The van der Waals surface area contributed by atoms with Crippen molar-refractivity contribution in [1.29, 1.82) is 0 Å². The summed E-state index contributed by atoms with van der Waals surface area (Å²) >= 11 is 2.66. The average molecular weight is 375 g/mol. The first kappa shape index (κ1) is 16.7. The van der Waals surface area contributed by atoms with Gasteiger partial charge in [-0.15, -0.1) is 0 Å². The molecule has 1 fully saturated rings. The quantitative estimate of drug-likeness (QED) is 0.586. The van der Waals surface area contributed by atoms with Gasteiger partial charge in [-0.05, 0) is 0 Å². The van der Waals surface area contributed by atoms with Crippen LogP contribution < -0.4 is 0 Å². The molecule has 0 bridgehead atoms. The summed E-state index contributed by atoms with van der Waals surface area (Å²) in [5, 5.41) is 0. The Balaban J connectivity index is 2.02. The van der Waals surface area contributed by atoms with E-state index < -0.39 is 4.31 Å². The molecule has 0 radical (unpaired) electrons. The van der Waals surface area contributed by atoms with Crippen LogP contribution in [0.3, 0.4) is 0 Å². The van der Waals surface area contributed by atoms with E-state index in [4.69, 9.17) is 4.74 Å². The van der Waals surface area contributed by atoms with Gasteiger partial charge < -0.3 is 0 Å². The van der Waals surface area contributed by atoms with Gasteiger partial charge in [0.1, 0.15) is 0 Å². The van der Waals surface area contributed by atoms with Crippen molar-refractivity contribution >= 4 is 21.8 Å². The van der Waals surface area contributed by atoms with Crippen LogP contribution >= 0.6 is 0 Å². The Morgan fingerprint density at radius 1 is 1.30 bits per heavy atom. The molecule has 1 aromatic carbocycles. The number of carbonyl (C=O) groups excluding carboxylic acids is 1. The van der Waals surface area contributed by atoms with E-state index in [9.17, 15) is 4.79 Å². The molecule has 1 unspecified atom stereocenters. The fourth-order valence-electron chi connectivity index (χ4n) is 3.29. The van der Waals surface area contributed by atoms with E-state index in [1.807, 2.05) is 18.2 Å². The third-order valence-electron chi connectivity index (χ3n) is 4.93. The summed E-state index contributed by atoms with van der Waals surface area (Å²) in [7, 11) is 0. The molecule has 122 valence electrons. The van der Waals surface area contributed by atoms with Gasteiger partial charge in [0.05, 0.1) is 0 Å². The number of ketones is 1. The number of Topliss-reactive ketones (excluding diaryl/α,β-unsaturated/α-hetero) is 1. The summed E-state index contributed by atoms with van der Waals surface area (Å²) in [5.74, 6) is 0.992. The van der Waals surface area contributed by atoms with Gasteiger partial charge in [-0.2, -0.15) is 0 Å². The van der Waals surface area contributed by atoms with Gasteiger partial charge >= 0.3 is 147 Å². The maximum absolute atomic E-state index is 13.2. The first-order valence-electron chi connectivity index (χ1n) is 8.25. The monoisotopic (exact) mass is 376 g/mol. The van der Waals surface area contributed by atoms with Gasteiger partial charge in [0.25, 0.3) is 0 Å². The molecule has 4 atom stereocenters. The van der Waals surface area contributed by atoms with Gasteiger partial charge in [-0.25, -0.2) is 0 Å². The van der Waals surface area contributed by atoms with Crippen molar-refractivity contribution in [2.45, 2.75) is 43.2 Å². The van der Waals surface area contributed by atoms with Gasteiger partial charge in [0.15, 0.2) is 0 Å². The number of benzene rings is 1. The molecular formula is C20H24O2Se. The first-order chi connectivity index (χ1) is 10.9. The van der Waals surface area contributed by atoms with E-state index in [-0.39, 0.29) is 18.0 Å². The summed E-state index contributed by atoms with van der Waals surface area (Å²) in [4.78, 5) is 13.2. The van der Waals surface area contributed by atoms with Crippen LogP contribution in [-0.2, 0) is 13.8 Å². The van der Waals surface area contributed by atoms with Crippen LogP contribution in [0.5, 0.6) is 0 Å². The second kappa shape index (κ2) is 6.39. The number of rotatable bonds is 2. The summed E-state index contributed by atoms with van der Waals surface area (Å²) in [6, 6.07) is 10.1. The van der Waals surface area contributed by atoms with Crippen molar-refractivity contribution in [3.05, 3.63) is 60.2 Å². The standard InChI is InChI=1S/C20H24O2Se/c1-13(2)15-10-9-14(3)11-17-18(22-17)19(21)20(23,12-15)16-7-5-4-6-8-16/h4-10,13,15,17-18,23H,3,11-12H2,1-2H3/t15-,17+,18+,20?/m0/s1. The molecule has 3 heteroatoms. The maximum atomic E-state index is 13.2. The van der Waals surface area contributed by atoms with Crippen molar-refractivity contribution in [3.8, 4) is 0 Å². The topological polar surface area (TPSA) is 29.6 Å². The molecular weight excluding hydrogens is 351 g/mol. The molecule has 0 N–H and O–H groups in total. The third kappa shape index (κ3) is 3.38. The van der Waals surface area contributed by atoms with E-state index in [0.29, 0.717) is 11.8 Å². The number of hydrogen-bond donors (Lipinski definition) is 0. The van der Waals surface area contributed by atoms with Gasteiger partial charge in [-0.3, -0.25) is 0 Å². The van der Waals surface area contributed by atoms with Crippen molar-refractivity contribution in [3.63, 3.8) is 0 Å². The molecule has 0 aromatic heterocycles. The summed E-state index contributed by atoms with van der Waals surface area (Å²) in [6.45, 7) is 8.52. The molecule has 1 aliphatic heterocycles.